The average molecular weight is 288 g/mol. The molecule has 6 heteroatoms. The first-order chi connectivity index (χ1) is 9.47. The van der Waals surface area contributed by atoms with Crippen LogP contribution < -0.4 is 0 Å². The summed E-state index contributed by atoms with van der Waals surface area (Å²) in [6.45, 7) is 7.46. The molecule has 0 aliphatic carbocycles. The normalized spacial score (nSPS) is 13.2. The van der Waals surface area contributed by atoms with Crippen LogP contribution in [0.1, 0.15) is 40.5 Å². The summed E-state index contributed by atoms with van der Waals surface area (Å²) in [7, 11) is 0. The van der Waals surface area contributed by atoms with Crippen molar-refractivity contribution in [2.24, 2.45) is 11.8 Å². The number of rotatable bonds is 9. The number of hydrogen-bond acceptors (Lipinski definition) is 6. The van der Waals surface area contributed by atoms with E-state index >= 15 is 0 Å². The lowest BCUT2D eigenvalue weighted by Gasteiger charge is -2.20. The van der Waals surface area contributed by atoms with Gasteiger partial charge in [0.05, 0.1) is 31.7 Å². The molecule has 0 aromatic carbocycles. The van der Waals surface area contributed by atoms with Crippen LogP contribution in [0.2, 0.25) is 0 Å². The zero-order valence-corrected chi connectivity index (χ0v) is 12.6. The summed E-state index contributed by atoms with van der Waals surface area (Å²) in [6, 6.07) is 0. The molecule has 0 N–H and O–H groups in total. The van der Waals surface area contributed by atoms with Gasteiger partial charge in [0.15, 0.2) is 0 Å². The monoisotopic (exact) mass is 288 g/mol. The van der Waals surface area contributed by atoms with Crippen molar-refractivity contribution in [3.8, 4) is 0 Å². The van der Waals surface area contributed by atoms with Crippen molar-refractivity contribution in [1.29, 1.82) is 0 Å². The van der Waals surface area contributed by atoms with E-state index in [1.165, 1.54) is 0 Å². The summed E-state index contributed by atoms with van der Waals surface area (Å²) >= 11 is 0. The Morgan fingerprint density at radius 2 is 1.35 bits per heavy atom. The van der Waals surface area contributed by atoms with E-state index in [1.807, 2.05) is 0 Å². The van der Waals surface area contributed by atoms with Crippen LogP contribution in [0.25, 0.3) is 0 Å². The second-order valence-electron chi connectivity index (χ2n) is 4.24. The van der Waals surface area contributed by atoms with E-state index in [4.69, 9.17) is 14.2 Å². The van der Waals surface area contributed by atoms with Crippen molar-refractivity contribution in [3.63, 3.8) is 0 Å². The maximum Gasteiger partial charge on any atom is 0.309 e. The van der Waals surface area contributed by atoms with Gasteiger partial charge in [-0.1, -0.05) is 6.92 Å². The van der Waals surface area contributed by atoms with Crippen LogP contribution >= 0.6 is 0 Å². The first kappa shape index (κ1) is 18.4. The number of hydrogen-bond donors (Lipinski definition) is 0. The fraction of sp³-hybridized carbons (Fsp3) is 0.786. The molecule has 0 fully saturated rings. The van der Waals surface area contributed by atoms with Crippen molar-refractivity contribution in [2.45, 2.75) is 40.5 Å². The Balaban J connectivity index is 4.67. The van der Waals surface area contributed by atoms with E-state index in [2.05, 4.69) is 0 Å². The Hall–Kier alpha value is -1.59. The van der Waals surface area contributed by atoms with Gasteiger partial charge >= 0.3 is 17.9 Å². The van der Waals surface area contributed by atoms with Crippen LogP contribution in [-0.2, 0) is 28.6 Å². The third-order valence-electron chi connectivity index (χ3n) is 2.82. The molecule has 0 heterocycles. The highest BCUT2D eigenvalue weighted by molar-refractivity contribution is 5.82. The van der Waals surface area contributed by atoms with Crippen LogP contribution in [-0.4, -0.2) is 37.7 Å². The van der Waals surface area contributed by atoms with Gasteiger partial charge in [0.2, 0.25) is 0 Å². The van der Waals surface area contributed by atoms with Gasteiger partial charge in [0.1, 0.15) is 0 Å². The van der Waals surface area contributed by atoms with Crippen molar-refractivity contribution in [2.75, 3.05) is 19.8 Å². The predicted molar refractivity (Wildman–Crippen MR) is 71.8 cm³/mol. The van der Waals surface area contributed by atoms with Gasteiger partial charge in [-0.2, -0.15) is 0 Å². The van der Waals surface area contributed by atoms with E-state index in [9.17, 15) is 14.4 Å². The summed E-state index contributed by atoms with van der Waals surface area (Å²) in [5.74, 6) is -2.69. The van der Waals surface area contributed by atoms with Crippen molar-refractivity contribution >= 4 is 17.9 Å². The van der Waals surface area contributed by atoms with E-state index in [0.29, 0.717) is 0 Å². The third-order valence-corrected chi connectivity index (χ3v) is 2.82. The van der Waals surface area contributed by atoms with Gasteiger partial charge in [-0.05, 0) is 27.2 Å². The molecule has 0 aliphatic heterocycles. The Labute approximate surface area is 119 Å². The van der Waals surface area contributed by atoms with E-state index < -0.39 is 29.7 Å². The molecule has 2 atom stereocenters. The molecule has 0 saturated heterocycles. The number of esters is 3. The highest BCUT2D eigenvalue weighted by Crippen LogP contribution is 2.21. The zero-order chi connectivity index (χ0) is 15.5. The molecule has 0 aliphatic rings. The van der Waals surface area contributed by atoms with Crippen LogP contribution in [0.15, 0.2) is 0 Å². The Bertz CT molecular complexity index is 326. The summed E-state index contributed by atoms with van der Waals surface area (Å²) in [5.41, 5.74) is 0. The quantitative estimate of drug-likeness (QED) is 0.474. The Kier molecular flexibility index (Phi) is 9.41. The van der Waals surface area contributed by atoms with Crippen molar-refractivity contribution in [3.05, 3.63) is 0 Å². The minimum Gasteiger partial charge on any atom is -0.466 e. The van der Waals surface area contributed by atoms with Crippen molar-refractivity contribution in [1.82, 2.24) is 0 Å². The van der Waals surface area contributed by atoms with E-state index in [-0.39, 0.29) is 32.7 Å². The molecule has 0 spiro atoms. The van der Waals surface area contributed by atoms with Crippen LogP contribution in [0.5, 0.6) is 0 Å². The van der Waals surface area contributed by atoms with E-state index in [1.54, 1.807) is 27.7 Å². The second kappa shape index (κ2) is 10.2. The summed E-state index contributed by atoms with van der Waals surface area (Å²) in [5, 5.41) is 0. The fourth-order valence-corrected chi connectivity index (χ4v) is 1.77. The van der Waals surface area contributed by atoms with Crippen LogP contribution in [0.3, 0.4) is 0 Å². The second-order valence-corrected chi connectivity index (χ2v) is 4.24. The topological polar surface area (TPSA) is 78.9 Å². The molecule has 0 aromatic heterocycles. The van der Waals surface area contributed by atoms with Gasteiger partial charge in [0.25, 0.3) is 0 Å². The molecule has 116 valence electrons. The lowest BCUT2D eigenvalue weighted by atomic mass is 9.89. The summed E-state index contributed by atoms with van der Waals surface area (Å²) < 4.78 is 14.7. The predicted octanol–water partition coefficient (Wildman–Crippen LogP) is 1.71. The molecular formula is C14H24O6. The SMILES string of the molecule is CCOC(=O)CC[C@H](C(=O)OCC)[C@@H](C)C(=O)OCC. The first-order valence-electron chi connectivity index (χ1n) is 6.96. The lowest BCUT2D eigenvalue weighted by molar-refractivity contribution is -0.160. The Morgan fingerprint density at radius 1 is 0.850 bits per heavy atom. The minimum atomic E-state index is -0.696. The average Bonchev–Trinajstić information content (AvgIpc) is 2.39. The number of carbonyl (C=O) groups is 3. The molecule has 0 rings (SSSR count). The third kappa shape index (κ3) is 6.54. The molecule has 0 saturated carbocycles. The maximum atomic E-state index is 11.9. The smallest absolute Gasteiger partial charge is 0.309 e. The molecule has 6 nitrogen and oxygen atoms in total. The number of ether oxygens (including phenoxy) is 3. The summed E-state index contributed by atoms with van der Waals surface area (Å²) in [6.07, 6.45) is 0.277. The lowest BCUT2D eigenvalue weighted by Crippen LogP contribution is -2.31. The molecule has 0 unspecified atom stereocenters. The van der Waals surface area contributed by atoms with Gasteiger partial charge in [-0.15, -0.1) is 0 Å². The standard InChI is InChI=1S/C14H24O6/c1-5-18-12(15)9-8-11(14(17)20-7-3)10(4)13(16)19-6-2/h10-11H,5-9H2,1-4H3/t10-,11+/m1/s1. The first-order valence-corrected chi connectivity index (χ1v) is 6.96. The molecule has 0 radical (unpaired) electrons. The zero-order valence-electron chi connectivity index (χ0n) is 12.6. The molecule has 0 amide bonds. The van der Waals surface area contributed by atoms with Gasteiger partial charge < -0.3 is 14.2 Å². The molecule has 0 aromatic rings. The highest BCUT2D eigenvalue weighted by Gasteiger charge is 2.32. The molecule has 20 heavy (non-hydrogen) atoms. The fourth-order valence-electron chi connectivity index (χ4n) is 1.77. The van der Waals surface area contributed by atoms with Crippen molar-refractivity contribution < 1.29 is 28.6 Å². The highest BCUT2D eigenvalue weighted by atomic mass is 16.5. The summed E-state index contributed by atoms with van der Waals surface area (Å²) in [4.78, 5) is 35.0. The van der Waals surface area contributed by atoms with Gasteiger partial charge in [-0.3, -0.25) is 14.4 Å². The van der Waals surface area contributed by atoms with Crippen LogP contribution in [0, 0.1) is 11.8 Å². The largest absolute Gasteiger partial charge is 0.466 e. The Morgan fingerprint density at radius 3 is 1.85 bits per heavy atom. The van der Waals surface area contributed by atoms with Gasteiger partial charge in [0, 0.05) is 6.42 Å². The van der Waals surface area contributed by atoms with Gasteiger partial charge in [-0.25, -0.2) is 0 Å². The maximum absolute atomic E-state index is 11.9. The number of carbonyl (C=O) groups excluding carboxylic acids is 3. The van der Waals surface area contributed by atoms with E-state index in [0.717, 1.165) is 0 Å². The minimum absolute atomic E-state index is 0.0705. The van der Waals surface area contributed by atoms with Crippen LogP contribution in [0.4, 0.5) is 0 Å². The molecule has 0 bridgehead atoms. The molecular weight excluding hydrogens is 264 g/mol.